The Morgan fingerprint density at radius 1 is 1.58 bits per heavy atom. The van der Waals surface area contributed by atoms with E-state index in [1.807, 2.05) is 6.07 Å². The quantitative estimate of drug-likeness (QED) is 0.498. The van der Waals surface area contributed by atoms with E-state index in [0.29, 0.717) is 24.3 Å². The van der Waals surface area contributed by atoms with Gasteiger partial charge in [-0.25, -0.2) is 4.98 Å². The SMILES string of the molecule is C=CCN(CCO)c1ccc2scnc2c1[N+](=O)[O-]. The van der Waals surface area contributed by atoms with Crippen molar-refractivity contribution in [1.82, 2.24) is 4.98 Å². The molecule has 1 heterocycles. The first kappa shape index (κ1) is 13.4. The van der Waals surface area contributed by atoms with Crippen molar-refractivity contribution in [3.63, 3.8) is 0 Å². The highest BCUT2D eigenvalue weighted by Crippen LogP contribution is 2.36. The Kier molecular flexibility index (Phi) is 4.08. The van der Waals surface area contributed by atoms with Gasteiger partial charge in [0.05, 0.1) is 21.7 Å². The van der Waals surface area contributed by atoms with Crippen molar-refractivity contribution in [3.8, 4) is 0 Å². The number of aliphatic hydroxyl groups excluding tert-OH is 1. The van der Waals surface area contributed by atoms with Crippen molar-refractivity contribution in [3.05, 3.63) is 40.4 Å². The molecule has 1 N–H and O–H groups in total. The van der Waals surface area contributed by atoms with Gasteiger partial charge in [0, 0.05) is 13.1 Å². The Morgan fingerprint density at radius 2 is 2.37 bits per heavy atom. The van der Waals surface area contributed by atoms with Crippen LogP contribution in [-0.4, -0.2) is 34.7 Å². The molecule has 1 aromatic carbocycles. The highest BCUT2D eigenvalue weighted by molar-refractivity contribution is 7.16. The van der Waals surface area contributed by atoms with Crippen molar-refractivity contribution < 1.29 is 10.0 Å². The molecule has 7 heteroatoms. The van der Waals surface area contributed by atoms with Gasteiger partial charge in [-0.05, 0) is 12.1 Å². The van der Waals surface area contributed by atoms with Gasteiger partial charge < -0.3 is 10.0 Å². The van der Waals surface area contributed by atoms with Gasteiger partial charge in [-0.1, -0.05) is 6.08 Å². The zero-order valence-corrected chi connectivity index (χ0v) is 11.0. The molecule has 2 rings (SSSR count). The number of fused-ring (bicyclic) bond motifs is 1. The molecule has 0 aliphatic rings. The van der Waals surface area contributed by atoms with Crippen LogP contribution in [0.5, 0.6) is 0 Å². The Bertz CT molecular complexity index is 611. The normalized spacial score (nSPS) is 10.6. The van der Waals surface area contributed by atoms with E-state index in [1.165, 1.54) is 11.3 Å². The third kappa shape index (κ3) is 2.56. The molecule has 0 aliphatic carbocycles. The van der Waals surface area contributed by atoms with Gasteiger partial charge in [-0.2, -0.15) is 0 Å². The van der Waals surface area contributed by atoms with Crippen LogP contribution in [0, 0.1) is 10.1 Å². The third-order valence-corrected chi connectivity index (χ3v) is 3.49. The first-order chi connectivity index (χ1) is 9.19. The lowest BCUT2D eigenvalue weighted by molar-refractivity contribution is -0.382. The largest absolute Gasteiger partial charge is 0.395 e. The molecule has 0 fully saturated rings. The highest BCUT2D eigenvalue weighted by Gasteiger charge is 2.23. The number of aromatic nitrogens is 1. The zero-order valence-electron chi connectivity index (χ0n) is 10.2. The van der Waals surface area contributed by atoms with E-state index in [4.69, 9.17) is 5.11 Å². The number of rotatable bonds is 6. The summed E-state index contributed by atoms with van der Waals surface area (Å²) >= 11 is 1.36. The maximum atomic E-state index is 11.3. The number of nitro benzene ring substituents is 1. The summed E-state index contributed by atoms with van der Waals surface area (Å²) in [5.74, 6) is 0. The maximum Gasteiger partial charge on any atom is 0.319 e. The van der Waals surface area contributed by atoms with E-state index in [-0.39, 0.29) is 12.3 Å². The number of aliphatic hydroxyl groups is 1. The van der Waals surface area contributed by atoms with E-state index in [0.717, 1.165) is 4.70 Å². The summed E-state index contributed by atoms with van der Waals surface area (Å²) in [5, 5.41) is 20.4. The summed E-state index contributed by atoms with van der Waals surface area (Å²) in [6.07, 6.45) is 1.64. The van der Waals surface area contributed by atoms with E-state index in [2.05, 4.69) is 11.6 Å². The zero-order chi connectivity index (χ0) is 13.8. The molecule has 0 amide bonds. The van der Waals surface area contributed by atoms with Crippen molar-refractivity contribution in [2.24, 2.45) is 0 Å². The molecular weight excluding hydrogens is 266 g/mol. The molecule has 0 saturated carbocycles. The Morgan fingerprint density at radius 3 is 3.00 bits per heavy atom. The van der Waals surface area contributed by atoms with E-state index in [9.17, 15) is 10.1 Å². The number of benzene rings is 1. The predicted octanol–water partition coefficient (Wildman–Crippen LogP) is 2.19. The van der Waals surface area contributed by atoms with Gasteiger partial charge in [-0.3, -0.25) is 10.1 Å². The maximum absolute atomic E-state index is 11.3. The molecule has 100 valence electrons. The van der Waals surface area contributed by atoms with Crippen LogP contribution in [0.25, 0.3) is 10.2 Å². The molecule has 2 aromatic rings. The summed E-state index contributed by atoms with van der Waals surface area (Å²) in [6.45, 7) is 4.28. The fraction of sp³-hybridized carbons (Fsp3) is 0.250. The number of hydrogen-bond donors (Lipinski definition) is 1. The smallest absolute Gasteiger partial charge is 0.319 e. The van der Waals surface area contributed by atoms with Gasteiger partial charge in [0.15, 0.2) is 5.52 Å². The van der Waals surface area contributed by atoms with Crippen LogP contribution >= 0.6 is 11.3 Å². The molecule has 19 heavy (non-hydrogen) atoms. The molecular formula is C12H13N3O3S. The second-order valence-corrected chi connectivity index (χ2v) is 4.73. The van der Waals surface area contributed by atoms with Crippen LogP contribution in [0.4, 0.5) is 11.4 Å². The van der Waals surface area contributed by atoms with E-state index >= 15 is 0 Å². The van der Waals surface area contributed by atoms with Crippen LogP contribution in [-0.2, 0) is 0 Å². The Hall–Kier alpha value is -1.99. The predicted molar refractivity (Wildman–Crippen MR) is 75.8 cm³/mol. The Balaban J connectivity index is 2.59. The van der Waals surface area contributed by atoms with Crippen molar-refractivity contribution in [2.45, 2.75) is 0 Å². The minimum Gasteiger partial charge on any atom is -0.395 e. The fourth-order valence-corrected chi connectivity index (χ4v) is 2.61. The third-order valence-electron chi connectivity index (χ3n) is 2.70. The number of thiazole rings is 1. The second kappa shape index (κ2) is 5.77. The standard InChI is InChI=1S/C12H13N3O3S/c1-2-5-14(6-7-16)9-3-4-10-11(13-8-19-10)12(9)15(17)18/h2-4,8,16H,1,5-7H2. The molecule has 0 aliphatic heterocycles. The number of nitro groups is 1. The minimum absolute atomic E-state index is 0.0194. The number of hydrogen-bond acceptors (Lipinski definition) is 6. The van der Waals surface area contributed by atoms with Gasteiger partial charge in [0.25, 0.3) is 0 Å². The van der Waals surface area contributed by atoms with Crippen molar-refractivity contribution in [1.29, 1.82) is 0 Å². The summed E-state index contributed by atoms with van der Waals surface area (Å²) < 4.78 is 0.776. The molecule has 1 aromatic heterocycles. The first-order valence-corrected chi connectivity index (χ1v) is 6.54. The van der Waals surface area contributed by atoms with Gasteiger partial charge in [0.2, 0.25) is 0 Å². The van der Waals surface area contributed by atoms with Gasteiger partial charge in [-0.15, -0.1) is 17.9 Å². The molecule has 0 atom stereocenters. The van der Waals surface area contributed by atoms with Crippen LogP contribution in [0.2, 0.25) is 0 Å². The average Bonchev–Trinajstić information content (AvgIpc) is 2.85. The first-order valence-electron chi connectivity index (χ1n) is 5.66. The van der Waals surface area contributed by atoms with E-state index in [1.54, 1.807) is 22.6 Å². The minimum atomic E-state index is -0.426. The fourth-order valence-electron chi connectivity index (χ4n) is 1.93. The second-order valence-electron chi connectivity index (χ2n) is 3.85. The average molecular weight is 279 g/mol. The van der Waals surface area contributed by atoms with Crippen LogP contribution in [0.1, 0.15) is 0 Å². The summed E-state index contributed by atoms with van der Waals surface area (Å²) in [5.41, 5.74) is 2.41. The molecule has 6 nitrogen and oxygen atoms in total. The van der Waals surface area contributed by atoms with Crippen LogP contribution < -0.4 is 4.90 Å². The topological polar surface area (TPSA) is 79.5 Å². The lowest BCUT2D eigenvalue weighted by atomic mass is 10.2. The number of nitrogens with zero attached hydrogens (tertiary/aromatic N) is 3. The number of anilines is 1. The van der Waals surface area contributed by atoms with Crippen LogP contribution in [0.15, 0.2) is 30.3 Å². The van der Waals surface area contributed by atoms with Crippen LogP contribution in [0.3, 0.4) is 0 Å². The summed E-state index contributed by atoms with van der Waals surface area (Å²) in [4.78, 5) is 16.7. The van der Waals surface area contributed by atoms with Crippen molar-refractivity contribution >= 4 is 32.9 Å². The Labute approximate surface area is 113 Å². The molecule has 0 radical (unpaired) electrons. The molecule has 0 bridgehead atoms. The molecule has 0 saturated heterocycles. The van der Waals surface area contributed by atoms with Gasteiger partial charge in [0.1, 0.15) is 5.69 Å². The monoisotopic (exact) mass is 279 g/mol. The lowest BCUT2D eigenvalue weighted by Crippen LogP contribution is -2.27. The highest BCUT2D eigenvalue weighted by atomic mass is 32.1. The molecule has 0 unspecified atom stereocenters. The van der Waals surface area contributed by atoms with Gasteiger partial charge >= 0.3 is 5.69 Å². The summed E-state index contributed by atoms with van der Waals surface area (Å²) in [7, 11) is 0. The lowest BCUT2D eigenvalue weighted by Gasteiger charge is -2.21. The summed E-state index contributed by atoms with van der Waals surface area (Å²) in [6, 6.07) is 3.50. The molecule has 0 spiro atoms. The van der Waals surface area contributed by atoms with Crippen molar-refractivity contribution in [2.75, 3.05) is 24.6 Å². The van der Waals surface area contributed by atoms with E-state index < -0.39 is 4.92 Å².